The highest BCUT2D eigenvalue weighted by atomic mass is 16.3. The molecule has 9 aromatic carbocycles. The highest BCUT2D eigenvalue weighted by molar-refractivity contribution is 6.37. The third kappa shape index (κ3) is 4.46. The first-order chi connectivity index (χ1) is 34.0. The van der Waals surface area contributed by atoms with Gasteiger partial charge in [0, 0.05) is 43.7 Å². The fraction of sp³-hybridized carbons (Fsp3) is 0. The van der Waals surface area contributed by atoms with E-state index in [0.29, 0.717) is 27.4 Å². The second kappa shape index (κ2) is 11.9. The Labute approximate surface area is 342 Å². The van der Waals surface area contributed by atoms with Crippen molar-refractivity contribution >= 4 is 65.3 Å². The normalized spacial score (nSPS) is 15.7. The summed E-state index contributed by atoms with van der Waals surface area (Å²) in [4.78, 5) is 13.8. The predicted octanol–water partition coefficient (Wildman–Crippen LogP) is 13.3. The van der Waals surface area contributed by atoms with Crippen LogP contribution in [0.5, 0.6) is 0 Å². The van der Waals surface area contributed by atoms with E-state index >= 15 is 0 Å². The Bertz CT molecular complexity index is 4200. The number of hydrogen-bond acceptors (Lipinski definition) is 4. The second-order valence-corrected chi connectivity index (χ2v) is 13.2. The molecule has 56 heavy (non-hydrogen) atoms. The monoisotopic (exact) mass is 729 g/mol. The van der Waals surface area contributed by atoms with E-state index in [4.69, 9.17) is 25.0 Å². The molecule has 0 saturated carbocycles. The molecule has 0 unspecified atom stereocenters. The van der Waals surface area contributed by atoms with Crippen LogP contribution >= 0.6 is 0 Å². The van der Waals surface area contributed by atoms with Gasteiger partial charge in [0.25, 0.3) is 0 Å². The fourth-order valence-electron chi connectivity index (χ4n) is 8.10. The molecular formula is C51H30N4O. The summed E-state index contributed by atoms with van der Waals surface area (Å²) in [6.07, 6.45) is 0. The summed E-state index contributed by atoms with van der Waals surface area (Å²) in [6.45, 7) is 0. The quantitative estimate of drug-likeness (QED) is 0.166. The van der Waals surface area contributed by atoms with Crippen molar-refractivity contribution in [3.05, 3.63) is 182 Å². The first-order valence-corrected chi connectivity index (χ1v) is 17.6. The Morgan fingerprint density at radius 1 is 0.411 bits per heavy atom. The van der Waals surface area contributed by atoms with Crippen LogP contribution < -0.4 is 0 Å². The SMILES string of the molecule is [2H]c1c([2H])c([2H])c(-c2nc(-c3c([2H])c([2H])c([2H])c([2H])c3[2H])nc(-c3cccc4c3oc3cccc(-c5ccc6c7c5c5ccccc5c5cccc(c57)n6-c5c([2H])c([2H])c([2H])c([2H])c5[2H])c34)n2)c([2H])c1[2H]. The molecule has 5 nitrogen and oxygen atoms in total. The number of benzene rings is 9. The molecule has 5 heteroatoms. The van der Waals surface area contributed by atoms with E-state index in [0.717, 1.165) is 43.4 Å². The van der Waals surface area contributed by atoms with E-state index in [1.54, 1.807) is 22.8 Å². The number of aromatic nitrogens is 4. The topological polar surface area (TPSA) is 56.7 Å². The lowest BCUT2D eigenvalue weighted by molar-refractivity contribution is 0.669. The van der Waals surface area contributed by atoms with Crippen LogP contribution in [0, 0.1) is 0 Å². The van der Waals surface area contributed by atoms with E-state index in [1.807, 2.05) is 72.8 Å². The van der Waals surface area contributed by atoms with Gasteiger partial charge in [0.05, 0.1) is 37.2 Å². The molecule has 0 aliphatic carbocycles. The molecule has 3 aromatic heterocycles. The summed E-state index contributed by atoms with van der Waals surface area (Å²) in [6, 6.07) is 19.9. The number of para-hydroxylation sites is 2. The van der Waals surface area contributed by atoms with Crippen LogP contribution in [0.4, 0.5) is 0 Å². The zero-order chi connectivity index (χ0) is 49.8. The molecule has 0 atom stereocenters. The molecule has 0 radical (unpaired) electrons. The maximum Gasteiger partial charge on any atom is 0.167 e. The van der Waals surface area contributed by atoms with Crippen LogP contribution in [-0.2, 0) is 0 Å². The molecule has 0 aliphatic rings. The average Bonchev–Trinajstić information content (AvgIpc) is 3.93. The van der Waals surface area contributed by atoms with Gasteiger partial charge in [0.1, 0.15) is 11.2 Å². The summed E-state index contributed by atoms with van der Waals surface area (Å²) < 4.78 is 137. The Hall–Kier alpha value is -7.63. The molecule has 0 amide bonds. The number of hydrogen-bond donors (Lipinski definition) is 0. The first kappa shape index (κ1) is 19.6. The smallest absolute Gasteiger partial charge is 0.167 e. The molecular weight excluding hydrogens is 685 g/mol. The molecule has 260 valence electrons. The maximum atomic E-state index is 9.02. The summed E-state index contributed by atoms with van der Waals surface area (Å²) in [5.74, 6) is -0.958. The lowest BCUT2D eigenvalue weighted by Gasteiger charge is -2.14. The van der Waals surface area contributed by atoms with Crippen molar-refractivity contribution in [3.63, 3.8) is 0 Å². The molecule has 0 aliphatic heterocycles. The van der Waals surface area contributed by atoms with Crippen LogP contribution in [-0.4, -0.2) is 19.5 Å². The Kier molecular flexibility index (Phi) is 4.18. The summed E-state index contributed by atoms with van der Waals surface area (Å²) in [5, 5.41) is 6.54. The van der Waals surface area contributed by atoms with Crippen LogP contribution in [0.1, 0.15) is 20.6 Å². The number of furan rings is 1. The molecule has 12 rings (SSSR count). The van der Waals surface area contributed by atoms with Gasteiger partial charge in [0.15, 0.2) is 17.5 Å². The van der Waals surface area contributed by atoms with Gasteiger partial charge in [0.2, 0.25) is 0 Å². The lowest BCUT2D eigenvalue weighted by Crippen LogP contribution is -2.00. The lowest BCUT2D eigenvalue weighted by atomic mass is 9.88. The van der Waals surface area contributed by atoms with Crippen molar-refractivity contribution in [1.29, 1.82) is 0 Å². The number of fused-ring (bicyclic) bond motifs is 6. The molecule has 12 aromatic rings. The fourth-order valence-corrected chi connectivity index (χ4v) is 8.10. The maximum absolute atomic E-state index is 9.02. The Balaban J connectivity index is 1.16. The van der Waals surface area contributed by atoms with Gasteiger partial charge >= 0.3 is 0 Å². The minimum Gasteiger partial charge on any atom is -0.455 e. The molecule has 0 spiro atoms. The van der Waals surface area contributed by atoms with Crippen molar-refractivity contribution in [2.45, 2.75) is 0 Å². The second-order valence-electron chi connectivity index (χ2n) is 13.2. The summed E-state index contributed by atoms with van der Waals surface area (Å²) in [7, 11) is 0. The van der Waals surface area contributed by atoms with Crippen molar-refractivity contribution in [2.24, 2.45) is 0 Å². The van der Waals surface area contributed by atoms with E-state index < -0.39 is 101 Å². The highest BCUT2D eigenvalue weighted by Crippen LogP contribution is 2.49. The van der Waals surface area contributed by atoms with E-state index in [-0.39, 0.29) is 34.7 Å². The minimum absolute atomic E-state index is 0.0241. The largest absolute Gasteiger partial charge is 0.455 e. The average molecular weight is 730 g/mol. The van der Waals surface area contributed by atoms with Gasteiger partial charge in [-0.15, -0.1) is 0 Å². The molecule has 0 N–H and O–H groups in total. The molecule has 0 fully saturated rings. The van der Waals surface area contributed by atoms with Gasteiger partial charge in [-0.1, -0.05) is 145 Å². The Morgan fingerprint density at radius 2 is 0.964 bits per heavy atom. The van der Waals surface area contributed by atoms with Gasteiger partial charge in [-0.25, -0.2) is 15.0 Å². The summed E-state index contributed by atoms with van der Waals surface area (Å²) in [5.41, 5.74) is 3.05. The van der Waals surface area contributed by atoms with E-state index in [2.05, 4.69) is 15.0 Å². The van der Waals surface area contributed by atoms with Gasteiger partial charge in [-0.05, 0) is 63.6 Å². The molecule has 0 saturated heterocycles. The highest BCUT2D eigenvalue weighted by Gasteiger charge is 2.24. The number of nitrogens with zero attached hydrogens (tertiary/aromatic N) is 4. The number of rotatable bonds is 5. The van der Waals surface area contributed by atoms with Crippen molar-refractivity contribution < 1.29 is 25.0 Å². The van der Waals surface area contributed by atoms with Gasteiger partial charge in [-0.3, -0.25) is 0 Å². The van der Waals surface area contributed by atoms with Crippen molar-refractivity contribution in [3.8, 4) is 51.0 Å². The van der Waals surface area contributed by atoms with Crippen LogP contribution in [0.2, 0.25) is 0 Å². The Morgan fingerprint density at radius 3 is 1.71 bits per heavy atom. The van der Waals surface area contributed by atoms with Gasteiger partial charge in [-0.2, -0.15) is 0 Å². The first-order valence-electron chi connectivity index (χ1n) is 25.1. The van der Waals surface area contributed by atoms with Crippen molar-refractivity contribution in [2.75, 3.05) is 0 Å². The zero-order valence-electron chi connectivity index (χ0n) is 43.9. The minimum atomic E-state index is -0.658. The molecule has 3 heterocycles. The van der Waals surface area contributed by atoms with Crippen LogP contribution in [0.15, 0.2) is 186 Å². The van der Waals surface area contributed by atoms with Crippen molar-refractivity contribution in [1.82, 2.24) is 19.5 Å². The standard InChI is InChI=1S/C51H30N4O/c1-4-15-31(16-5-1)49-52-50(32-17-6-2-7-18-32)54-51(53-49)40-26-12-25-39-44-37(24-14-28-43(44)56-48(39)40)38-29-30-42-47-45(38)35-22-11-10-21-34(35)36-23-13-27-41(46(36)47)55(42)33-19-8-3-9-20-33/h1-30H/i1D,2D,3D,4D,5D,6D,7D,8D,9D,15D,16D,17D,18D,19D,20D. The van der Waals surface area contributed by atoms with Crippen LogP contribution in [0.3, 0.4) is 0 Å². The van der Waals surface area contributed by atoms with Crippen LogP contribution in [0.25, 0.3) is 116 Å². The zero-order valence-corrected chi connectivity index (χ0v) is 28.9. The van der Waals surface area contributed by atoms with E-state index in [9.17, 15) is 0 Å². The third-order valence-corrected chi connectivity index (χ3v) is 10.3. The molecule has 0 bridgehead atoms. The van der Waals surface area contributed by atoms with Gasteiger partial charge < -0.3 is 8.98 Å². The summed E-state index contributed by atoms with van der Waals surface area (Å²) >= 11 is 0. The third-order valence-electron chi connectivity index (χ3n) is 10.3. The predicted molar refractivity (Wildman–Crippen MR) is 229 cm³/mol. The van der Waals surface area contributed by atoms with E-state index in [1.165, 1.54) is 0 Å².